The van der Waals surface area contributed by atoms with Gasteiger partial charge < -0.3 is 16.8 Å². The van der Waals surface area contributed by atoms with Gasteiger partial charge in [0, 0.05) is 16.8 Å². The van der Waals surface area contributed by atoms with Crippen molar-refractivity contribution in [3.63, 3.8) is 0 Å². The van der Waals surface area contributed by atoms with E-state index in [9.17, 15) is 14.4 Å². The van der Waals surface area contributed by atoms with E-state index in [2.05, 4.69) is 9.69 Å². The van der Waals surface area contributed by atoms with Crippen LogP contribution in [-0.2, 0) is 4.79 Å². The second-order valence-corrected chi connectivity index (χ2v) is 8.41. The maximum Gasteiger partial charge on any atom is 0.272 e. The number of primary amides is 1. The molecule has 1 aromatic carbocycles. The summed E-state index contributed by atoms with van der Waals surface area (Å²) in [6.45, 7) is 1.83. The number of nitrogen functional groups attached to an aromatic ring is 1. The molecule has 160 valence electrons. The van der Waals surface area contributed by atoms with Crippen LogP contribution in [0.15, 0.2) is 24.3 Å². The van der Waals surface area contributed by atoms with Crippen molar-refractivity contribution in [2.24, 2.45) is 5.73 Å². The van der Waals surface area contributed by atoms with E-state index in [0.717, 1.165) is 37.2 Å². The first-order valence-electron chi connectivity index (χ1n) is 9.77. The Morgan fingerprint density at radius 2 is 1.90 bits per heavy atom. The normalized spacial score (nSPS) is 15.0. The highest BCUT2D eigenvalue weighted by atomic mass is 35.5. The molecule has 1 fully saturated rings. The van der Waals surface area contributed by atoms with E-state index < -0.39 is 17.9 Å². The Morgan fingerprint density at radius 1 is 1.27 bits per heavy atom. The molecule has 3 amide bonds. The highest BCUT2D eigenvalue weighted by Crippen LogP contribution is 2.29. The fourth-order valence-corrected chi connectivity index (χ4v) is 4.50. The van der Waals surface area contributed by atoms with Crippen molar-refractivity contribution in [3.05, 3.63) is 39.9 Å². The molecule has 3 rings (SSSR count). The molecule has 8 nitrogen and oxygen atoms in total. The van der Waals surface area contributed by atoms with Crippen LogP contribution in [0.1, 0.15) is 59.2 Å². The minimum Gasteiger partial charge on any atom is -0.395 e. The summed E-state index contributed by atoms with van der Waals surface area (Å²) in [6.07, 6.45) is 4.40. The summed E-state index contributed by atoms with van der Waals surface area (Å²) in [7, 11) is 0. The molecule has 0 saturated heterocycles. The van der Waals surface area contributed by atoms with Gasteiger partial charge >= 0.3 is 0 Å². The average Bonchev–Trinajstić information content (AvgIpc) is 3.35. The van der Waals surface area contributed by atoms with Crippen LogP contribution in [0, 0.1) is 0 Å². The van der Waals surface area contributed by atoms with Gasteiger partial charge in [-0.05, 0) is 55.1 Å². The number of amides is 3. The second-order valence-electron chi connectivity index (χ2n) is 7.20. The highest BCUT2D eigenvalue weighted by molar-refractivity contribution is 7.09. The maximum atomic E-state index is 13.5. The molecule has 1 aliphatic carbocycles. The van der Waals surface area contributed by atoms with Gasteiger partial charge in [-0.25, -0.2) is 0 Å². The molecule has 1 saturated carbocycles. The van der Waals surface area contributed by atoms with Crippen molar-refractivity contribution >= 4 is 52.2 Å². The first-order chi connectivity index (χ1) is 14.3. The van der Waals surface area contributed by atoms with Crippen molar-refractivity contribution in [2.75, 3.05) is 10.6 Å². The number of halogens is 1. The van der Waals surface area contributed by atoms with Crippen LogP contribution in [-0.4, -0.2) is 34.2 Å². The summed E-state index contributed by atoms with van der Waals surface area (Å²) in [5, 5.41) is 3.56. The van der Waals surface area contributed by atoms with Crippen LogP contribution in [0.25, 0.3) is 0 Å². The number of nitrogens with one attached hydrogen (secondary N) is 1. The Bertz CT molecular complexity index is 940. The standard InChI is InChI=1S/C20H24ClN5O3S/c1-2-14(19(28)24-12-5-3-4-6-12)26(13-9-7-11(21)8-10-13)20(29)17-15(22)16(18(23)27)25-30-17/h7-10,12,14H,2-6,22H2,1H3,(H2,23,27)(H,24,28)/t14-/m0/s1. The lowest BCUT2D eigenvalue weighted by Gasteiger charge is -2.31. The summed E-state index contributed by atoms with van der Waals surface area (Å²) < 4.78 is 3.91. The molecule has 1 atom stereocenters. The van der Waals surface area contributed by atoms with Crippen LogP contribution in [0.2, 0.25) is 5.02 Å². The molecule has 0 spiro atoms. The van der Waals surface area contributed by atoms with Crippen LogP contribution in [0.4, 0.5) is 11.4 Å². The second kappa shape index (κ2) is 9.44. The molecule has 1 heterocycles. The predicted octanol–water partition coefficient (Wildman–Crippen LogP) is 2.96. The third kappa shape index (κ3) is 4.57. The van der Waals surface area contributed by atoms with E-state index in [1.165, 1.54) is 4.90 Å². The van der Waals surface area contributed by atoms with Gasteiger partial charge in [0.25, 0.3) is 11.8 Å². The number of nitrogens with two attached hydrogens (primary N) is 2. The number of hydrogen-bond acceptors (Lipinski definition) is 6. The number of aromatic nitrogens is 1. The highest BCUT2D eigenvalue weighted by Gasteiger charge is 2.34. The lowest BCUT2D eigenvalue weighted by molar-refractivity contribution is -0.123. The maximum absolute atomic E-state index is 13.5. The fraction of sp³-hybridized carbons (Fsp3) is 0.400. The largest absolute Gasteiger partial charge is 0.395 e. The number of hydrogen-bond donors (Lipinski definition) is 3. The smallest absolute Gasteiger partial charge is 0.272 e. The number of rotatable bonds is 7. The topological polar surface area (TPSA) is 131 Å². The third-order valence-corrected chi connectivity index (χ3v) is 6.28. The van der Waals surface area contributed by atoms with Gasteiger partial charge in [0.2, 0.25) is 5.91 Å². The van der Waals surface area contributed by atoms with Gasteiger partial charge in [-0.15, -0.1) is 0 Å². The lowest BCUT2D eigenvalue weighted by Crippen LogP contribution is -2.51. The Morgan fingerprint density at radius 3 is 2.43 bits per heavy atom. The molecule has 5 N–H and O–H groups in total. The van der Waals surface area contributed by atoms with Gasteiger partial charge in [0.1, 0.15) is 10.9 Å². The number of anilines is 2. The van der Waals surface area contributed by atoms with Crippen LogP contribution in [0.5, 0.6) is 0 Å². The van der Waals surface area contributed by atoms with E-state index >= 15 is 0 Å². The zero-order valence-corrected chi connectivity index (χ0v) is 18.1. The SMILES string of the molecule is CC[C@@H](C(=O)NC1CCCC1)N(C(=O)c1snc(C(N)=O)c1N)c1ccc(Cl)cc1. The van der Waals surface area contributed by atoms with Crippen molar-refractivity contribution in [2.45, 2.75) is 51.1 Å². The van der Waals surface area contributed by atoms with E-state index in [4.69, 9.17) is 23.1 Å². The van der Waals surface area contributed by atoms with Gasteiger partial charge in [-0.2, -0.15) is 4.37 Å². The molecule has 1 aliphatic rings. The summed E-state index contributed by atoms with van der Waals surface area (Å²) in [5.74, 6) is -1.56. The van der Waals surface area contributed by atoms with E-state index in [-0.39, 0.29) is 28.2 Å². The molecule has 0 bridgehead atoms. The molecule has 0 radical (unpaired) electrons. The number of carbonyl (C=O) groups is 3. The molecule has 30 heavy (non-hydrogen) atoms. The van der Waals surface area contributed by atoms with Crippen LogP contribution < -0.4 is 21.7 Å². The molecular weight excluding hydrogens is 426 g/mol. The first kappa shape index (κ1) is 22.0. The fourth-order valence-electron chi connectivity index (χ4n) is 3.63. The summed E-state index contributed by atoms with van der Waals surface area (Å²) in [5.41, 5.74) is 11.5. The Labute approximate surface area is 183 Å². The molecule has 2 aromatic rings. The van der Waals surface area contributed by atoms with Crippen molar-refractivity contribution in [1.29, 1.82) is 0 Å². The average molecular weight is 450 g/mol. The first-order valence-corrected chi connectivity index (χ1v) is 10.9. The van der Waals surface area contributed by atoms with E-state index in [1.807, 2.05) is 6.92 Å². The molecule has 10 heteroatoms. The Hall–Kier alpha value is -2.65. The van der Waals surface area contributed by atoms with Gasteiger partial charge in [0.15, 0.2) is 5.69 Å². The van der Waals surface area contributed by atoms with Crippen molar-refractivity contribution in [3.8, 4) is 0 Å². The Balaban J connectivity index is 1.98. The zero-order valence-electron chi connectivity index (χ0n) is 16.6. The van der Waals surface area contributed by atoms with Gasteiger partial charge in [-0.1, -0.05) is 31.4 Å². The van der Waals surface area contributed by atoms with Crippen LogP contribution >= 0.6 is 23.1 Å². The van der Waals surface area contributed by atoms with Crippen molar-refractivity contribution in [1.82, 2.24) is 9.69 Å². The predicted molar refractivity (Wildman–Crippen MR) is 118 cm³/mol. The molecule has 1 aromatic heterocycles. The minimum atomic E-state index is -0.813. The van der Waals surface area contributed by atoms with Crippen LogP contribution in [0.3, 0.4) is 0 Å². The van der Waals surface area contributed by atoms with E-state index in [1.54, 1.807) is 24.3 Å². The summed E-state index contributed by atoms with van der Waals surface area (Å²) in [6, 6.07) is 5.96. The Kier molecular flexibility index (Phi) is 6.94. The van der Waals surface area contributed by atoms with Gasteiger partial charge in [0.05, 0.1) is 5.69 Å². The minimum absolute atomic E-state index is 0.0610. The third-order valence-electron chi connectivity index (χ3n) is 5.18. The van der Waals surface area contributed by atoms with Crippen molar-refractivity contribution < 1.29 is 14.4 Å². The molecular formula is C20H24ClN5O3S. The van der Waals surface area contributed by atoms with E-state index in [0.29, 0.717) is 17.1 Å². The quantitative estimate of drug-likeness (QED) is 0.597. The summed E-state index contributed by atoms with van der Waals surface area (Å²) in [4.78, 5) is 39.5. The monoisotopic (exact) mass is 449 g/mol. The number of carbonyl (C=O) groups excluding carboxylic acids is 3. The summed E-state index contributed by atoms with van der Waals surface area (Å²) >= 11 is 6.79. The zero-order chi connectivity index (χ0) is 21.8. The molecule has 0 aliphatic heterocycles. The molecule has 0 unspecified atom stereocenters. The van der Waals surface area contributed by atoms with Gasteiger partial charge in [-0.3, -0.25) is 19.3 Å². The lowest BCUT2D eigenvalue weighted by atomic mass is 10.1. The number of benzene rings is 1. The number of nitrogens with zero attached hydrogens (tertiary/aromatic N) is 2.